The predicted molar refractivity (Wildman–Crippen MR) is 114 cm³/mol. The number of nitrogens with zero attached hydrogens (tertiary/aromatic N) is 1. The van der Waals surface area contributed by atoms with Crippen LogP contribution in [-0.2, 0) is 22.4 Å². The van der Waals surface area contributed by atoms with Crippen LogP contribution in [0.15, 0.2) is 42.5 Å². The zero-order chi connectivity index (χ0) is 19.9. The Balaban J connectivity index is 1.50. The van der Waals surface area contributed by atoms with E-state index in [1.807, 2.05) is 25.1 Å². The Labute approximate surface area is 167 Å². The first kappa shape index (κ1) is 19.9. The highest BCUT2D eigenvalue weighted by molar-refractivity contribution is 6.39. The number of hydrogen-bond donors (Lipinski definition) is 2. The number of amides is 2. The standard InChI is InChI=1S/C23H29N3O2/c1-3-13-26-14-5-7-19-16-18(9-10-21(19)26)11-12-24-22(27)23(28)25-20-8-4-6-17(2)15-20/h4,6,8-10,15-16H,3,5,7,11-14H2,1-2H3,(H,24,27)(H,25,28). The lowest BCUT2D eigenvalue weighted by atomic mass is 9.98. The van der Waals surface area contributed by atoms with Crippen molar-refractivity contribution >= 4 is 23.2 Å². The minimum Gasteiger partial charge on any atom is -0.371 e. The van der Waals surface area contributed by atoms with Crippen molar-refractivity contribution in [1.29, 1.82) is 0 Å². The molecule has 28 heavy (non-hydrogen) atoms. The second-order valence-electron chi connectivity index (χ2n) is 7.38. The molecule has 5 heteroatoms. The summed E-state index contributed by atoms with van der Waals surface area (Å²) in [5.41, 5.74) is 5.59. The number of fused-ring (bicyclic) bond motifs is 1. The van der Waals surface area contributed by atoms with Gasteiger partial charge in [-0.25, -0.2) is 0 Å². The Morgan fingerprint density at radius 3 is 2.75 bits per heavy atom. The van der Waals surface area contributed by atoms with E-state index in [0.29, 0.717) is 18.7 Å². The van der Waals surface area contributed by atoms with Crippen molar-refractivity contribution < 1.29 is 9.59 Å². The van der Waals surface area contributed by atoms with Gasteiger partial charge >= 0.3 is 11.8 Å². The van der Waals surface area contributed by atoms with Crippen molar-refractivity contribution in [3.63, 3.8) is 0 Å². The quantitative estimate of drug-likeness (QED) is 0.756. The highest BCUT2D eigenvalue weighted by atomic mass is 16.2. The average molecular weight is 380 g/mol. The van der Waals surface area contributed by atoms with Crippen LogP contribution in [0.1, 0.15) is 36.5 Å². The summed E-state index contributed by atoms with van der Waals surface area (Å²) in [5.74, 6) is -1.24. The smallest absolute Gasteiger partial charge is 0.313 e. The van der Waals surface area contributed by atoms with Gasteiger partial charge in [0.2, 0.25) is 0 Å². The van der Waals surface area contributed by atoms with Crippen molar-refractivity contribution in [2.75, 3.05) is 29.9 Å². The molecule has 0 aromatic heterocycles. The van der Waals surface area contributed by atoms with Gasteiger partial charge in [0.1, 0.15) is 0 Å². The summed E-state index contributed by atoms with van der Waals surface area (Å²) in [4.78, 5) is 26.5. The third kappa shape index (κ3) is 5.12. The molecule has 0 saturated heterocycles. The lowest BCUT2D eigenvalue weighted by molar-refractivity contribution is -0.136. The van der Waals surface area contributed by atoms with Gasteiger partial charge in [-0.05, 0) is 67.5 Å². The summed E-state index contributed by atoms with van der Waals surface area (Å²) in [7, 11) is 0. The second kappa shape index (κ2) is 9.40. The van der Waals surface area contributed by atoms with Crippen molar-refractivity contribution in [2.45, 2.75) is 39.5 Å². The molecule has 3 rings (SSSR count). The number of hydrogen-bond acceptors (Lipinski definition) is 3. The SMILES string of the molecule is CCCN1CCCc2cc(CCNC(=O)C(=O)Nc3cccc(C)c3)ccc21. The molecule has 0 bridgehead atoms. The predicted octanol–water partition coefficient (Wildman–Crippen LogP) is 3.46. The average Bonchev–Trinajstić information content (AvgIpc) is 2.68. The maximum Gasteiger partial charge on any atom is 0.313 e. The molecule has 5 nitrogen and oxygen atoms in total. The summed E-state index contributed by atoms with van der Waals surface area (Å²) in [6.45, 7) is 6.82. The second-order valence-corrected chi connectivity index (χ2v) is 7.38. The van der Waals surface area contributed by atoms with Crippen molar-refractivity contribution in [3.05, 3.63) is 59.2 Å². The van der Waals surface area contributed by atoms with E-state index in [0.717, 1.165) is 31.5 Å². The Bertz CT molecular complexity index is 847. The Morgan fingerprint density at radius 1 is 1.11 bits per heavy atom. The van der Waals surface area contributed by atoms with Gasteiger partial charge in [0, 0.05) is 31.0 Å². The van der Waals surface area contributed by atoms with Crippen LogP contribution in [0.5, 0.6) is 0 Å². The van der Waals surface area contributed by atoms with Crippen LogP contribution >= 0.6 is 0 Å². The monoisotopic (exact) mass is 379 g/mol. The number of benzene rings is 2. The molecule has 1 aliphatic heterocycles. The molecule has 1 heterocycles. The van der Waals surface area contributed by atoms with Crippen molar-refractivity contribution in [2.24, 2.45) is 0 Å². The van der Waals surface area contributed by atoms with E-state index in [2.05, 4.69) is 40.7 Å². The van der Waals surface area contributed by atoms with E-state index >= 15 is 0 Å². The lowest BCUT2D eigenvalue weighted by Gasteiger charge is -2.31. The van der Waals surface area contributed by atoms with Crippen LogP contribution in [0, 0.1) is 6.92 Å². The molecule has 148 valence electrons. The van der Waals surface area contributed by atoms with Gasteiger partial charge in [-0.3, -0.25) is 9.59 Å². The van der Waals surface area contributed by atoms with Crippen molar-refractivity contribution in [3.8, 4) is 0 Å². The molecule has 0 spiro atoms. The molecule has 2 N–H and O–H groups in total. The first-order chi connectivity index (χ1) is 13.6. The minimum absolute atomic E-state index is 0.442. The van der Waals surface area contributed by atoms with Crippen LogP contribution in [-0.4, -0.2) is 31.4 Å². The maximum absolute atomic E-state index is 12.0. The molecular formula is C23H29N3O2. The van der Waals surface area contributed by atoms with Gasteiger partial charge in [-0.15, -0.1) is 0 Å². The number of carbonyl (C=O) groups excluding carboxylic acids is 2. The van der Waals surface area contributed by atoms with E-state index in [4.69, 9.17) is 0 Å². The summed E-state index contributed by atoms with van der Waals surface area (Å²) in [5, 5.41) is 5.35. The molecule has 0 atom stereocenters. The number of anilines is 2. The summed E-state index contributed by atoms with van der Waals surface area (Å²) >= 11 is 0. The Kier molecular flexibility index (Phi) is 6.69. The molecule has 2 aromatic rings. The normalized spacial score (nSPS) is 13.0. The molecule has 0 aliphatic carbocycles. The zero-order valence-corrected chi connectivity index (χ0v) is 16.8. The Hall–Kier alpha value is -2.82. The van der Waals surface area contributed by atoms with Gasteiger partial charge < -0.3 is 15.5 Å². The van der Waals surface area contributed by atoms with Gasteiger partial charge in [-0.1, -0.05) is 31.2 Å². The number of aryl methyl sites for hydroxylation is 2. The highest BCUT2D eigenvalue weighted by Gasteiger charge is 2.17. The number of rotatable bonds is 6. The maximum atomic E-state index is 12.0. The lowest BCUT2D eigenvalue weighted by Crippen LogP contribution is -2.36. The third-order valence-electron chi connectivity index (χ3n) is 5.03. The Morgan fingerprint density at radius 2 is 1.96 bits per heavy atom. The topological polar surface area (TPSA) is 61.4 Å². The molecule has 0 radical (unpaired) electrons. The number of nitrogens with one attached hydrogen (secondary N) is 2. The first-order valence-electron chi connectivity index (χ1n) is 10.1. The third-order valence-corrected chi connectivity index (χ3v) is 5.03. The van der Waals surface area contributed by atoms with Gasteiger partial charge in [-0.2, -0.15) is 0 Å². The molecule has 0 fully saturated rings. The van der Waals surface area contributed by atoms with Gasteiger partial charge in [0.25, 0.3) is 0 Å². The fourth-order valence-corrected chi connectivity index (χ4v) is 3.70. The van der Waals surface area contributed by atoms with Gasteiger partial charge in [0.15, 0.2) is 0 Å². The summed E-state index contributed by atoms with van der Waals surface area (Å²) < 4.78 is 0. The van der Waals surface area contributed by atoms with Crippen LogP contribution in [0.25, 0.3) is 0 Å². The fraction of sp³-hybridized carbons (Fsp3) is 0.391. The van der Waals surface area contributed by atoms with Crippen LogP contribution in [0.4, 0.5) is 11.4 Å². The summed E-state index contributed by atoms with van der Waals surface area (Å²) in [6, 6.07) is 14.0. The molecule has 0 unspecified atom stereocenters. The van der Waals surface area contributed by atoms with E-state index in [1.54, 1.807) is 6.07 Å². The largest absolute Gasteiger partial charge is 0.371 e. The fourth-order valence-electron chi connectivity index (χ4n) is 3.70. The molecular weight excluding hydrogens is 350 g/mol. The van der Waals surface area contributed by atoms with Crippen LogP contribution in [0.3, 0.4) is 0 Å². The van der Waals surface area contributed by atoms with Crippen LogP contribution in [0.2, 0.25) is 0 Å². The van der Waals surface area contributed by atoms with E-state index in [9.17, 15) is 9.59 Å². The highest BCUT2D eigenvalue weighted by Crippen LogP contribution is 2.28. The zero-order valence-electron chi connectivity index (χ0n) is 16.8. The summed E-state index contributed by atoms with van der Waals surface area (Å²) in [6.07, 6.45) is 4.16. The van der Waals surface area contributed by atoms with Gasteiger partial charge in [0.05, 0.1) is 0 Å². The first-order valence-corrected chi connectivity index (χ1v) is 10.1. The van der Waals surface area contributed by atoms with E-state index in [-0.39, 0.29) is 0 Å². The van der Waals surface area contributed by atoms with Crippen molar-refractivity contribution in [1.82, 2.24) is 5.32 Å². The number of carbonyl (C=O) groups is 2. The van der Waals surface area contributed by atoms with E-state index < -0.39 is 11.8 Å². The van der Waals surface area contributed by atoms with Crippen LogP contribution < -0.4 is 15.5 Å². The van der Waals surface area contributed by atoms with E-state index in [1.165, 1.54) is 23.2 Å². The molecule has 0 saturated carbocycles. The minimum atomic E-state index is -0.633. The molecule has 2 aromatic carbocycles. The molecule has 1 aliphatic rings. The molecule has 2 amide bonds.